The zero-order chi connectivity index (χ0) is 24.9. The average molecular weight is 508 g/mol. The van der Waals surface area contributed by atoms with Crippen molar-refractivity contribution in [3.05, 3.63) is 58.1 Å². The summed E-state index contributed by atoms with van der Waals surface area (Å²) in [6, 6.07) is 12.2. The molecular weight excluding hydrogens is 474 g/mol. The molecule has 1 heterocycles. The number of hydrogen-bond acceptors (Lipinski definition) is 7. The van der Waals surface area contributed by atoms with Crippen molar-refractivity contribution >= 4 is 17.3 Å². The van der Waals surface area contributed by atoms with Gasteiger partial charge in [0.1, 0.15) is 10.8 Å². The van der Waals surface area contributed by atoms with Crippen molar-refractivity contribution in [2.24, 2.45) is 0 Å². The van der Waals surface area contributed by atoms with Gasteiger partial charge in [-0.3, -0.25) is 4.79 Å². The Bertz CT molecular complexity index is 1200. The molecule has 0 amide bonds. The molecule has 6 nitrogen and oxygen atoms in total. The maximum Gasteiger partial charge on any atom is 0.306 e. The van der Waals surface area contributed by atoms with E-state index in [0.717, 1.165) is 59.9 Å². The van der Waals surface area contributed by atoms with Gasteiger partial charge in [0.2, 0.25) is 0 Å². The molecular formula is C29H33NO5S. The van der Waals surface area contributed by atoms with Gasteiger partial charge in [-0.05, 0) is 86.4 Å². The summed E-state index contributed by atoms with van der Waals surface area (Å²) in [5.74, 6) is 2.45. The summed E-state index contributed by atoms with van der Waals surface area (Å²) in [4.78, 5) is 18.1. The van der Waals surface area contributed by atoms with E-state index in [0.29, 0.717) is 26.2 Å². The summed E-state index contributed by atoms with van der Waals surface area (Å²) in [6.07, 6.45) is 6.62. The van der Waals surface area contributed by atoms with E-state index in [4.69, 9.17) is 23.9 Å². The Labute approximate surface area is 216 Å². The van der Waals surface area contributed by atoms with Gasteiger partial charge >= 0.3 is 5.97 Å². The van der Waals surface area contributed by atoms with Gasteiger partial charge in [0.25, 0.3) is 0 Å². The van der Waals surface area contributed by atoms with Crippen LogP contribution >= 0.6 is 11.3 Å². The first kappa shape index (κ1) is 24.6. The van der Waals surface area contributed by atoms with E-state index in [2.05, 4.69) is 18.2 Å². The highest BCUT2D eigenvalue weighted by molar-refractivity contribution is 7.15. The standard InChI is InChI=1S/C29H33NO5S/c1-3-33-28(31)18-20-9-8-19-16-22(11-12-23(19)20)34-14-5-15-35-25-13-10-21(17-26(25)32-2)29-30-24-6-4-7-27(24)36-29/h10-13,16-17,20H,3-9,14-15,18H2,1-2H3/t20-/m0/s1. The Balaban J connectivity index is 1.10. The van der Waals surface area contributed by atoms with E-state index >= 15 is 0 Å². The molecule has 2 aliphatic rings. The van der Waals surface area contributed by atoms with E-state index in [1.54, 1.807) is 18.4 Å². The van der Waals surface area contributed by atoms with Crippen molar-refractivity contribution in [3.8, 4) is 27.8 Å². The zero-order valence-electron chi connectivity index (χ0n) is 21.0. The first-order valence-corrected chi connectivity index (χ1v) is 13.7. The zero-order valence-corrected chi connectivity index (χ0v) is 21.8. The number of ether oxygens (including phenoxy) is 4. The van der Waals surface area contributed by atoms with Crippen LogP contribution in [0.5, 0.6) is 17.2 Å². The Morgan fingerprint density at radius 3 is 2.78 bits per heavy atom. The highest BCUT2D eigenvalue weighted by atomic mass is 32.1. The largest absolute Gasteiger partial charge is 0.493 e. The predicted molar refractivity (Wildman–Crippen MR) is 140 cm³/mol. The molecule has 3 aromatic rings. The van der Waals surface area contributed by atoms with E-state index in [-0.39, 0.29) is 11.9 Å². The number of benzene rings is 2. The number of methoxy groups -OCH3 is 1. The Hall–Kier alpha value is -3.06. The molecule has 36 heavy (non-hydrogen) atoms. The SMILES string of the molecule is CCOC(=O)C[C@@H]1CCc2cc(OCCCOc3ccc(-c4nc5c(s4)CCC5)cc3OC)ccc21. The number of aryl methyl sites for hydroxylation is 3. The van der Waals surface area contributed by atoms with Crippen molar-refractivity contribution in [2.45, 2.75) is 57.8 Å². The quantitative estimate of drug-likeness (QED) is 0.229. The highest BCUT2D eigenvalue weighted by Gasteiger charge is 2.25. The predicted octanol–water partition coefficient (Wildman–Crippen LogP) is 6.14. The van der Waals surface area contributed by atoms with E-state index in [1.807, 2.05) is 25.1 Å². The molecule has 0 aliphatic heterocycles. The van der Waals surface area contributed by atoms with Crippen LogP contribution < -0.4 is 14.2 Å². The number of carbonyl (C=O) groups excluding carboxylic acids is 1. The molecule has 1 atom stereocenters. The summed E-state index contributed by atoms with van der Waals surface area (Å²) in [5, 5.41) is 1.06. The first-order chi connectivity index (χ1) is 17.6. The van der Waals surface area contributed by atoms with Gasteiger partial charge in [0, 0.05) is 16.9 Å². The molecule has 190 valence electrons. The van der Waals surface area contributed by atoms with Crippen LogP contribution in [0.1, 0.15) is 60.2 Å². The van der Waals surface area contributed by atoms with Gasteiger partial charge in [-0.25, -0.2) is 4.98 Å². The van der Waals surface area contributed by atoms with Crippen LogP contribution in [0.25, 0.3) is 10.6 Å². The van der Waals surface area contributed by atoms with Gasteiger partial charge < -0.3 is 18.9 Å². The third-order valence-electron chi connectivity index (χ3n) is 6.86. The fourth-order valence-corrected chi connectivity index (χ4v) is 6.22. The van der Waals surface area contributed by atoms with Crippen molar-refractivity contribution in [1.82, 2.24) is 4.98 Å². The van der Waals surface area contributed by atoms with Crippen LogP contribution in [0.3, 0.4) is 0 Å². The molecule has 7 heteroatoms. The van der Waals surface area contributed by atoms with E-state index in [1.165, 1.54) is 28.1 Å². The second-order valence-corrected chi connectivity index (χ2v) is 10.3. The van der Waals surface area contributed by atoms with E-state index in [9.17, 15) is 4.79 Å². The number of rotatable bonds is 11. The van der Waals surface area contributed by atoms with Crippen LogP contribution in [-0.2, 0) is 28.8 Å². The topological polar surface area (TPSA) is 66.9 Å². The number of esters is 1. The summed E-state index contributed by atoms with van der Waals surface area (Å²) < 4.78 is 22.7. The third kappa shape index (κ3) is 5.51. The van der Waals surface area contributed by atoms with Crippen LogP contribution in [0, 0.1) is 0 Å². The van der Waals surface area contributed by atoms with Crippen LogP contribution in [-0.4, -0.2) is 37.9 Å². The summed E-state index contributed by atoms with van der Waals surface area (Å²) >= 11 is 1.79. The molecule has 0 fully saturated rings. The monoisotopic (exact) mass is 507 g/mol. The lowest BCUT2D eigenvalue weighted by Crippen LogP contribution is -2.08. The molecule has 0 saturated heterocycles. The Morgan fingerprint density at radius 2 is 1.94 bits per heavy atom. The summed E-state index contributed by atoms with van der Waals surface area (Å²) in [5.41, 5.74) is 4.85. The number of thiazole rings is 1. The second kappa shape index (κ2) is 11.3. The Kier molecular flexibility index (Phi) is 7.75. The minimum atomic E-state index is -0.117. The number of carbonyl (C=O) groups is 1. The second-order valence-electron chi connectivity index (χ2n) is 9.26. The number of hydrogen-bond donors (Lipinski definition) is 0. The highest BCUT2D eigenvalue weighted by Crippen LogP contribution is 2.39. The minimum Gasteiger partial charge on any atom is -0.493 e. The van der Waals surface area contributed by atoms with E-state index < -0.39 is 0 Å². The molecule has 2 aromatic carbocycles. The van der Waals surface area contributed by atoms with Crippen molar-refractivity contribution < 1.29 is 23.7 Å². The molecule has 0 bridgehead atoms. The van der Waals surface area contributed by atoms with Crippen molar-refractivity contribution in [2.75, 3.05) is 26.9 Å². The number of fused-ring (bicyclic) bond motifs is 2. The van der Waals surface area contributed by atoms with Gasteiger partial charge in [0.15, 0.2) is 11.5 Å². The summed E-state index contributed by atoms with van der Waals surface area (Å²) in [7, 11) is 1.67. The molecule has 0 unspecified atom stereocenters. The van der Waals surface area contributed by atoms with Crippen LogP contribution in [0.4, 0.5) is 0 Å². The van der Waals surface area contributed by atoms with Crippen LogP contribution in [0.15, 0.2) is 36.4 Å². The minimum absolute atomic E-state index is 0.117. The fraction of sp³-hybridized carbons (Fsp3) is 0.448. The lowest BCUT2D eigenvalue weighted by molar-refractivity contribution is -0.143. The lowest BCUT2D eigenvalue weighted by Gasteiger charge is -2.13. The Morgan fingerprint density at radius 1 is 1.06 bits per heavy atom. The fourth-order valence-electron chi connectivity index (χ4n) is 5.07. The van der Waals surface area contributed by atoms with Crippen molar-refractivity contribution in [1.29, 1.82) is 0 Å². The normalized spacial score (nSPS) is 15.9. The smallest absolute Gasteiger partial charge is 0.306 e. The number of aromatic nitrogens is 1. The number of nitrogens with zero attached hydrogens (tertiary/aromatic N) is 1. The first-order valence-electron chi connectivity index (χ1n) is 12.9. The average Bonchev–Trinajstić information content (AvgIpc) is 3.59. The maximum atomic E-state index is 11.9. The molecule has 5 rings (SSSR count). The third-order valence-corrected chi connectivity index (χ3v) is 8.06. The molecule has 2 aliphatic carbocycles. The molecule has 0 N–H and O–H groups in total. The molecule has 0 saturated carbocycles. The maximum absolute atomic E-state index is 11.9. The molecule has 0 radical (unpaired) electrons. The van der Waals surface area contributed by atoms with Gasteiger partial charge in [0.05, 0.1) is 39.0 Å². The summed E-state index contributed by atoms with van der Waals surface area (Å²) in [6.45, 7) is 3.38. The lowest BCUT2D eigenvalue weighted by atomic mass is 9.98. The van der Waals surface area contributed by atoms with Crippen molar-refractivity contribution in [3.63, 3.8) is 0 Å². The molecule has 1 aromatic heterocycles. The van der Waals surface area contributed by atoms with Gasteiger partial charge in [-0.15, -0.1) is 11.3 Å². The molecule has 0 spiro atoms. The van der Waals surface area contributed by atoms with Crippen LogP contribution in [0.2, 0.25) is 0 Å². The van der Waals surface area contributed by atoms with Gasteiger partial charge in [-0.1, -0.05) is 6.07 Å². The van der Waals surface area contributed by atoms with Gasteiger partial charge in [-0.2, -0.15) is 0 Å².